The second kappa shape index (κ2) is 3.16. The molecule has 1 N–H and O–H groups in total. The van der Waals surface area contributed by atoms with Crippen molar-refractivity contribution in [3.8, 4) is 5.82 Å². The van der Waals surface area contributed by atoms with Gasteiger partial charge in [0.1, 0.15) is 5.69 Å². The molecule has 1 aliphatic heterocycles. The summed E-state index contributed by atoms with van der Waals surface area (Å²) in [5, 5.41) is 15.9. The smallest absolute Gasteiger partial charge is 0.177 e. The van der Waals surface area contributed by atoms with Gasteiger partial charge in [-0.15, -0.1) is 5.10 Å². The normalized spacial score (nSPS) is 15.3. The Morgan fingerprint density at radius 1 is 1.47 bits per heavy atom. The number of hydrogen-bond donors (Lipinski definition) is 1. The van der Waals surface area contributed by atoms with Crippen LogP contribution in [0.3, 0.4) is 0 Å². The SMILES string of the molecule is Cn1ccc(-n2nnc3c2CCNC3)n1. The van der Waals surface area contributed by atoms with Gasteiger partial charge in [0.2, 0.25) is 0 Å². The zero-order chi connectivity index (χ0) is 10.3. The van der Waals surface area contributed by atoms with E-state index in [2.05, 4.69) is 20.7 Å². The Balaban J connectivity index is 2.08. The Morgan fingerprint density at radius 2 is 2.40 bits per heavy atom. The first-order valence-electron chi connectivity index (χ1n) is 4.99. The molecule has 0 spiro atoms. The molecule has 2 aromatic rings. The molecule has 0 saturated carbocycles. The van der Waals surface area contributed by atoms with E-state index in [0.29, 0.717) is 0 Å². The minimum atomic E-state index is 0.808. The highest BCUT2D eigenvalue weighted by atomic mass is 15.5. The van der Waals surface area contributed by atoms with E-state index in [1.165, 1.54) is 5.69 Å². The number of aryl methyl sites for hydroxylation is 1. The van der Waals surface area contributed by atoms with Gasteiger partial charge in [-0.1, -0.05) is 5.21 Å². The van der Waals surface area contributed by atoms with Crippen LogP contribution < -0.4 is 5.32 Å². The van der Waals surface area contributed by atoms with E-state index in [1.54, 1.807) is 4.68 Å². The standard InChI is InChI=1S/C9H12N6/c1-14-5-3-9(12-14)15-8-2-4-10-6-7(8)11-13-15/h3,5,10H,2,4,6H2,1H3. The molecule has 0 aromatic carbocycles. The number of nitrogens with one attached hydrogen (secondary N) is 1. The van der Waals surface area contributed by atoms with E-state index >= 15 is 0 Å². The maximum absolute atomic E-state index is 4.32. The van der Waals surface area contributed by atoms with Gasteiger partial charge in [0.15, 0.2) is 5.82 Å². The Hall–Kier alpha value is -1.69. The van der Waals surface area contributed by atoms with Gasteiger partial charge in [0, 0.05) is 38.8 Å². The fourth-order valence-corrected chi connectivity index (χ4v) is 1.83. The summed E-state index contributed by atoms with van der Waals surface area (Å²) in [6.45, 7) is 1.79. The number of nitrogens with zero attached hydrogens (tertiary/aromatic N) is 5. The maximum atomic E-state index is 4.32. The molecular weight excluding hydrogens is 192 g/mol. The summed E-state index contributed by atoms with van der Waals surface area (Å²) in [5.41, 5.74) is 2.21. The van der Waals surface area contributed by atoms with E-state index in [9.17, 15) is 0 Å². The zero-order valence-electron chi connectivity index (χ0n) is 8.51. The summed E-state index contributed by atoms with van der Waals surface area (Å²) >= 11 is 0. The highest BCUT2D eigenvalue weighted by molar-refractivity contribution is 5.25. The van der Waals surface area contributed by atoms with Crippen LogP contribution in [0.4, 0.5) is 0 Å². The molecule has 0 aliphatic carbocycles. The number of aromatic nitrogens is 5. The topological polar surface area (TPSA) is 60.6 Å². The highest BCUT2D eigenvalue weighted by Gasteiger charge is 2.18. The van der Waals surface area contributed by atoms with Crippen molar-refractivity contribution in [3.63, 3.8) is 0 Å². The molecule has 0 radical (unpaired) electrons. The van der Waals surface area contributed by atoms with Crippen molar-refractivity contribution >= 4 is 0 Å². The quantitative estimate of drug-likeness (QED) is 0.689. The molecule has 2 aromatic heterocycles. The molecule has 0 amide bonds. The van der Waals surface area contributed by atoms with Crippen LogP contribution in [0.25, 0.3) is 5.82 Å². The van der Waals surface area contributed by atoms with Crippen LogP contribution in [-0.2, 0) is 20.0 Å². The third-order valence-electron chi connectivity index (χ3n) is 2.59. The first-order chi connectivity index (χ1) is 7.34. The summed E-state index contributed by atoms with van der Waals surface area (Å²) in [4.78, 5) is 0. The second-order valence-electron chi connectivity index (χ2n) is 3.67. The van der Waals surface area contributed by atoms with Gasteiger partial charge in [-0.05, 0) is 0 Å². The Kier molecular flexibility index (Phi) is 1.81. The van der Waals surface area contributed by atoms with Gasteiger partial charge in [0.25, 0.3) is 0 Å². The summed E-state index contributed by atoms with van der Waals surface area (Å²) in [7, 11) is 1.90. The van der Waals surface area contributed by atoms with Gasteiger partial charge in [-0.2, -0.15) is 9.78 Å². The fraction of sp³-hybridized carbons (Fsp3) is 0.444. The summed E-state index contributed by atoms with van der Waals surface area (Å²) in [6.07, 6.45) is 2.86. The van der Waals surface area contributed by atoms with Crippen molar-refractivity contribution in [2.75, 3.05) is 6.54 Å². The second-order valence-corrected chi connectivity index (χ2v) is 3.67. The molecule has 78 valence electrons. The van der Waals surface area contributed by atoms with Crippen molar-refractivity contribution < 1.29 is 0 Å². The van der Waals surface area contributed by atoms with Crippen LogP contribution in [0.1, 0.15) is 11.4 Å². The Morgan fingerprint density at radius 3 is 3.20 bits per heavy atom. The van der Waals surface area contributed by atoms with Gasteiger partial charge in [-0.3, -0.25) is 4.68 Å². The van der Waals surface area contributed by atoms with Gasteiger partial charge >= 0.3 is 0 Å². The van der Waals surface area contributed by atoms with E-state index in [0.717, 1.165) is 31.0 Å². The van der Waals surface area contributed by atoms with Crippen LogP contribution >= 0.6 is 0 Å². The minimum Gasteiger partial charge on any atom is -0.311 e. The average Bonchev–Trinajstić information content (AvgIpc) is 2.83. The monoisotopic (exact) mass is 204 g/mol. The first kappa shape index (κ1) is 8.60. The molecule has 0 saturated heterocycles. The Bertz CT molecular complexity index is 483. The highest BCUT2D eigenvalue weighted by Crippen LogP contribution is 2.14. The predicted molar refractivity (Wildman–Crippen MR) is 53.5 cm³/mol. The molecule has 0 unspecified atom stereocenters. The molecule has 0 fully saturated rings. The molecule has 15 heavy (non-hydrogen) atoms. The van der Waals surface area contributed by atoms with Crippen molar-refractivity contribution in [2.24, 2.45) is 7.05 Å². The first-order valence-corrected chi connectivity index (χ1v) is 4.99. The molecule has 0 bridgehead atoms. The average molecular weight is 204 g/mol. The van der Waals surface area contributed by atoms with Crippen LogP contribution in [0, 0.1) is 0 Å². The predicted octanol–water partition coefficient (Wildman–Crippen LogP) is -0.354. The lowest BCUT2D eigenvalue weighted by Gasteiger charge is -2.11. The largest absolute Gasteiger partial charge is 0.311 e. The van der Waals surface area contributed by atoms with Gasteiger partial charge < -0.3 is 5.32 Å². The van der Waals surface area contributed by atoms with Crippen molar-refractivity contribution in [1.29, 1.82) is 0 Å². The summed E-state index contributed by atoms with van der Waals surface area (Å²) < 4.78 is 3.60. The maximum Gasteiger partial charge on any atom is 0.177 e. The van der Waals surface area contributed by atoms with Crippen LogP contribution in [-0.4, -0.2) is 31.3 Å². The lowest BCUT2D eigenvalue weighted by Crippen LogP contribution is -2.24. The molecule has 0 atom stereocenters. The summed E-state index contributed by atoms with van der Waals surface area (Å²) in [5.74, 6) is 0.841. The van der Waals surface area contributed by atoms with E-state index in [4.69, 9.17) is 0 Å². The number of rotatable bonds is 1. The molecule has 1 aliphatic rings. The third kappa shape index (κ3) is 1.33. The third-order valence-corrected chi connectivity index (χ3v) is 2.59. The van der Waals surface area contributed by atoms with Gasteiger partial charge in [-0.25, -0.2) is 0 Å². The van der Waals surface area contributed by atoms with E-state index in [1.807, 2.05) is 24.0 Å². The molecule has 3 rings (SSSR count). The fourth-order valence-electron chi connectivity index (χ4n) is 1.83. The van der Waals surface area contributed by atoms with E-state index in [-0.39, 0.29) is 0 Å². The van der Waals surface area contributed by atoms with Crippen LogP contribution in [0.5, 0.6) is 0 Å². The number of fused-ring (bicyclic) bond motifs is 1. The van der Waals surface area contributed by atoms with E-state index < -0.39 is 0 Å². The van der Waals surface area contributed by atoms with Crippen molar-refractivity contribution in [1.82, 2.24) is 30.1 Å². The minimum absolute atomic E-state index is 0.808. The lowest BCUT2D eigenvalue weighted by atomic mass is 10.2. The Labute approximate surface area is 86.9 Å². The van der Waals surface area contributed by atoms with Crippen molar-refractivity contribution in [2.45, 2.75) is 13.0 Å². The lowest BCUT2D eigenvalue weighted by molar-refractivity contribution is 0.615. The van der Waals surface area contributed by atoms with Crippen LogP contribution in [0.15, 0.2) is 12.3 Å². The molecule has 6 heteroatoms. The molecule has 6 nitrogen and oxygen atoms in total. The molecule has 3 heterocycles. The number of hydrogen-bond acceptors (Lipinski definition) is 4. The van der Waals surface area contributed by atoms with Crippen molar-refractivity contribution in [3.05, 3.63) is 23.7 Å². The summed E-state index contributed by atoms with van der Waals surface area (Å²) in [6, 6.07) is 1.94. The van der Waals surface area contributed by atoms with Gasteiger partial charge in [0.05, 0.1) is 5.69 Å². The molecular formula is C9H12N6. The zero-order valence-corrected chi connectivity index (χ0v) is 8.51. The van der Waals surface area contributed by atoms with Crippen LogP contribution in [0.2, 0.25) is 0 Å².